The summed E-state index contributed by atoms with van der Waals surface area (Å²) in [5, 5.41) is 3.84. The first-order valence-corrected chi connectivity index (χ1v) is 9.35. The zero-order valence-electron chi connectivity index (χ0n) is 13.7. The Labute approximate surface area is 144 Å². The van der Waals surface area contributed by atoms with Crippen LogP contribution >= 0.6 is 11.8 Å². The van der Waals surface area contributed by atoms with Crippen molar-refractivity contribution in [2.75, 3.05) is 12.9 Å². The highest BCUT2D eigenvalue weighted by Crippen LogP contribution is 2.43. The van der Waals surface area contributed by atoms with E-state index in [9.17, 15) is 9.59 Å². The maximum atomic E-state index is 13.2. The molecule has 1 aromatic heterocycles. The summed E-state index contributed by atoms with van der Waals surface area (Å²) < 4.78 is 10.4. The van der Waals surface area contributed by atoms with E-state index in [4.69, 9.17) is 9.26 Å². The van der Waals surface area contributed by atoms with Crippen LogP contribution < -0.4 is 0 Å². The van der Waals surface area contributed by atoms with Crippen molar-refractivity contribution in [3.63, 3.8) is 0 Å². The molecule has 1 aliphatic rings. The SMILES string of the molecule is CCOC(=O)c1noc(C2CC2)c1C(=O)c1ccccc1CSC. The van der Waals surface area contributed by atoms with E-state index < -0.39 is 5.97 Å². The summed E-state index contributed by atoms with van der Waals surface area (Å²) in [4.78, 5) is 25.3. The Morgan fingerprint density at radius 2 is 2.08 bits per heavy atom. The first kappa shape index (κ1) is 16.8. The molecule has 0 unspecified atom stereocenters. The van der Waals surface area contributed by atoms with Gasteiger partial charge in [-0.3, -0.25) is 4.79 Å². The summed E-state index contributed by atoms with van der Waals surface area (Å²) in [5.74, 6) is 0.583. The molecule has 0 saturated heterocycles. The van der Waals surface area contributed by atoms with Crippen LogP contribution in [-0.2, 0) is 10.5 Å². The van der Waals surface area contributed by atoms with Gasteiger partial charge < -0.3 is 9.26 Å². The van der Waals surface area contributed by atoms with Crippen LogP contribution in [-0.4, -0.2) is 29.8 Å². The zero-order valence-corrected chi connectivity index (χ0v) is 14.5. The second-order valence-electron chi connectivity index (χ2n) is 5.68. The Balaban J connectivity index is 2.06. The van der Waals surface area contributed by atoms with Crippen molar-refractivity contribution in [3.8, 4) is 0 Å². The smallest absolute Gasteiger partial charge is 0.361 e. The molecule has 1 aliphatic carbocycles. The van der Waals surface area contributed by atoms with Crippen LogP contribution in [0.5, 0.6) is 0 Å². The van der Waals surface area contributed by atoms with Gasteiger partial charge in [-0.05, 0) is 31.6 Å². The standard InChI is InChI=1S/C18H19NO4S/c1-3-22-18(21)15-14(17(23-19-15)11-8-9-11)16(20)13-7-5-4-6-12(13)10-24-2/h4-7,11H,3,8-10H2,1-2H3. The van der Waals surface area contributed by atoms with Gasteiger partial charge in [0.2, 0.25) is 5.69 Å². The minimum absolute atomic E-state index is 0.0114. The van der Waals surface area contributed by atoms with Crippen LogP contribution in [0.4, 0.5) is 0 Å². The molecule has 6 heteroatoms. The van der Waals surface area contributed by atoms with Gasteiger partial charge in [0, 0.05) is 17.2 Å². The highest BCUT2D eigenvalue weighted by molar-refractivity contribution is 7.97. The number of ether oxygens (including phenoxy) is 1. The lowest BCUT2D eigenvalue weighted by Crippen LogP contribution is -2.14. The second-order valence-corrected chi connectivity index (χ2v) is 6.55. The normalized spacial score (nSPS) is 13.8. The van der Waals surface area contributed by atoms with Gasteiger partial charge in [-0.1, -0.05) is 29.4 Å². The molecule has 0 spiro atoms. The van der Waals surface area contributed by atoms with Crippen molar-refractivity contribution < 1.29 is 18.8 Å². The van der Waals surface area contributed by atoms with E-state index in [1.165, 1.54) is 0 Å². The third kappa shape index (κ3) is 3.24. The first-order chi connectivity index (χ1) is 11.7. The van der Waals surface area contributed by atoms with Gasteiger partial charge in [0.05, 0.1) is 6.61 Å². The van der Waals surface area contributed by atoms with Crippen LogP contribution in [0.1, 0.15) is 63.4 Å². The van der Waals surface area contributed by atoms with Crippen molar-refractivity contribution in [1.82, 2.24) is 5.16 Å². The monoisotopic (exact) mass is 345 g/mol. The summed E-state index contributed by atoms with van der Waals surface area (Å²) in [6, 6.07) is 7.44. The summed E-state index contributed by atoms with van der Waals surface area (Å²) in [5.41, 5.74) is 1.78. The van der Waals surface area contributed by atoms with Crippen molar-refractivity contribution >= 4 is 23.5 Å². The molecule has 2 aromatic rings. The number of benzene rings is 1. The van der Waals surface area contributed by atoms with E-state index in [1.54, 1.807) is 24.8 Å². The van der Waals surface area contributed by atoms with Crippen LogP contribution in [0.3, 0.4) is 0 Å². The fourth-order valence-corrected chi connectivity index (χ4v) is 3.21. The van der Waals surface area contributed by atoms with Gasteiger partial charge in [-0.25, -0.2) is 4.79 Å². The van der Waals surface area contributed by atoms with Crippen LogP contribution in [0.15, 0.2) is 28.8 Å². The Kier molecular flexibility index (Phi) is 5.04. The van der Waals surface area contributed by atoms with E-state index in [2.05, 4.69) is 5.16 Å². The number of nitrogens with zero attached hydrogens (tertiary/aromatic N) is 1. The fourth-order valence-electron chi connectivity index (χ4n) is 2.64. The number of hydrogen-bond donors (Lipinski definition) is 0. The molecule has 0 bridgehead atoms. The number of carbonyl (C=O) groups is 2. The molecule has 126 valence electrons. The molecule has 0 radical (unpaired) electrons. The van der Waals surface area contributed by atoms with Crippen LogP contribution in [0.25, 0.3) is 0 Å². The quantitative estimate of drug-likeness (QED) is 0.561. The van der Waals surface area contributed by atoms with Crippen LogP contribution in [0, 0.1) is 0 Å². The van der Waals surface area contributed by atoms with Crippen molar-refractivity contribution in [2.24, 2.45) is 0 Å². The van der Waals surface area contributed by atoms with E-state index in [0.717, 1.165) is 24.2 Å². The Morgan fingerprint density at radius 3 is 2.75 bits per heavy atom. The first-order valence-electron chi connectivity index (χ1n) is 7.95. The van der Waals surface area contributed by atoms with Gasteiger partial charge >= 0.3 is 5.97 Å². The Bertz CT molecular complexity index is 764. The number of ketones is 1. The Hall–Kier alpha value is -2.08. The molecule has 1 saturated carbocycles. The average molecular weight is 345 g/mol. The van der Waals surface area contributed by atoms with Gasteiger partial charge in [0.15, 0.2) is 11.5 Å². The number of rotatable bonds is 7. The van der Waals surface area contributed by atoms with E-state index in [-0.39, 0.29) is 29.6 Å². The number of aromatic nitrogens is 1. The third-order valence-corrected chi connectivity index (χ3v) is 4.52. The molecule has 3 rings (SSSR count). The molecule has 0 atom stereocenters. The molecular weight excluding hydrogens is 326 g/mol. The molecule has 0 N–H and O–H groups in total. The summed E-state index contributed by atoms with van der Waals surface area (Å²) in [6.45, 7) is 1.94. The van der Waals surface area contributed by atoms with Gasteiger partial charge in [0.25, 0.3) is 0 Å². The van der Waals surface area contributed by atoms with Gasteiger partial charge in [0.1, 0.15) is 5.56 Å². The zero-order chi connectivity index (χ0) is 17.1. The lowest BCUT2D eigenvalue weighted by Gasteiger charge is -2.08. The molecular formula is C18H19NO4S. The fraction of sp³-hybridized carbons (Fsp3) is 0.389. The van der Waals surface area contributed by atoms with Crippen molar-refractivity contribution in [1.29, 1.82) is 0 Å². The summed E-state index contributed by atoms with van der Waals surface area (Å²) in [7, 11) is 0. The lowest BCUT2D eigenvalue weighted by atomic mass is 9.96. The van der Waals surface area contributed by atoms with Crippen molar-refractivity contribution in [3.05, 3.63) is 52.4 Å². The average Bonchev–Trinajstić information content (AvgIpc) is 3.33. The second kappa shape index (κ2) is 7.21. The minimum atomic E-state index is -0.612. The summed E-state index contributed by atoms with van der Waals surface area (Å²) >= 11 is 1.64. The highest BCUT2D eigenvalue weighted by atomic mass is 32.2. The van der Waals surface area contributed by atoms with Gasteiger partial charge in [-0.2, -0.15) is 11.8 Å². The molecule has 5 nitrogen and oxygen atoms in total. The maximum Gasteiger partial charge on any atom is 0.361 e. The molecule has 1 fully saturated rings. The van der Waals surface area contributed by atoms with E-state index in [0.29, 0.717) is 11.3 Å². The van der Waals surface area contributed by atoms with E-state index in [1.807, 2.05) is 24.5 Å². The predicted molar refractivity (Wildman–Crippen MR) is 91.5 cm³/mol. The molecule has 0 amide bonds. The molecule has 0 aliphatic heterocycles. The van der Waals surface area contributed by atoms with E-state index >= 15 is 0 Å². The van der Waals surface area contributed by atoms with Crippen molar-refractivity contribution in [2.45, 2.75) is 31.4 Å². The molecule has 1 aromatic carbocycles. The lowest BCUT2D eigenvalue weighted by molar-refractivity contribution is 0.0512. The topological polar surface area (TPSA) is 69.4 Å². The number of carbonyl (C=O) groups excluding carboxylic acids is 2. The summed E-state index contributed by atoms with van der Waals surface area (Å²) in [6.07, 6.45) is 3.88. The maximum absolute atomic E-state index is 13.2. The Morgan fingerprint density at radius 1 is 1.33 bits per heavy atom. The van der Waals surface area contributed by atoms with Crippen LogP contribution in [0.2, 0.25) is 0 Å². The minimum Gasteiger partial charge on any atom is -0.461 e. The predicted octanol–water partition coefficient (Wildman–Crippen LogP) is 3.82. The highest BCUT2D eigenvalue weighted by Gasteiger charge is 2.37. The molecule has 1 heterocycles. The number of hydrogen-bond acceptors (Lipinski definition) is 6. The third-order valence-electron chi connectivity index (χ3n) is 3.92. The number of thioether (sulfide) groups is 1. The molecule has 24 heavy (non-hydrogen) atoms. The largest absolute Gasteiger partial charge is 0.461 e. The number of esters is 1. The van der Waals surface area contributed by atoms with Gasteiger partial charge in [-0.15, -0.1) is 0 Å².